The highest BCUT2D eigenvalue weighted by atomic mass is 16.3. The molecule has 0 radical (unpaired) electrons. The van der Waals surface area contributed by atoms with Crippen LogP contribution in [0.25, 0.3) is 0 Å². The van der Waals surface area contributed by atoms with Gasteiger partial charge in [0.25, 0.3) is 0 Å². The van der Waals surface area contributed by atoms with Crippen LogP contribution in [0.4, 0.5) is 0 Å². The summed E-state index contributed by atoms with van der Waals surface area (Å²) in [5.41, 5.74) is 0. The van der Waals surface area contributed by atoms with Gasteiger partial charge in [-0.3, -0.25) is 0 Å². The summed E-state index contributed by atoms with van der Waals surface area (Å²) in [6.45, 7) is 1.83. The number of aliphatic hydroxyl groups excluding tert-OH is 1. The molecule has 0 spiro atoms. The zero-order chi connectivity index (χ0) is 7.40. The molecule has 1 nitrogen and oxygen atoms in total. The summed E-state index contributed by atoms with van der Waals surface area (Å²) in [5.74, 6) is 6.15. The van der Waals surface area contributed by atoms with Crippen LogP contribution in [0.2, 0.25) is 0 Å². The first-order valence-electron chi connectivity index (χ1n) is 3.95. The first-order valence-corrected chi connectivity index (χ1v) is 3.95. The molecule has 1 heteroatoms. The van der Waals surface area contributed by atoms with Crippen LogP contribution in [-0.4, -0.2) is 11.2 Å². The minimum absolute atomic E-state index is 0.152. The second kappa shape index (κ2) is 3.63. The maximum absolute atomic E-state index is 9.40. The van der Waals surface area contributed by atoms with Crippen molar-refractivity contribution in [2.75, 3.05) is 0 Å². The normalized spacial score (nSPS) is 32.6. The first kappa shape index (κ1) is 7.63. The van der Waals surface area contributed by atoms with Crippen molar-refractivity contribution < 1.29 is 5.11 Å². The molecule has 1 fully saturated rings. The summed E-state index contributed by atoms with van der Waals surface area (Å²) in [4.78, 5) is 0. The minimum Gasteiger partial charge on any atom is -0.392 e. The van der Waals surface area contributed by atoms with Gasteiger partial charge in [-0.05, 0) is 19.8 Å². The summed E-state index contributed by atoms with van der Waals surface area (Å²) in [5, 5.41) is 9.40. The first-order chi connectivity index (χ1) is 4.84. The van der Waals surface area contributed by atoms with Gasteiger partial charge in [-0.2, -0.15) is 0 Å². The van der Waals surface area contributed by atoms with E-state index >= 15 is 0 Å². The number of hydrogen-bond donors (Lipinski definition) is 1. The molecule has 1 N–H and O–H groups in total. The Morgan fingerprint density at radius 1 is 1.30 bits per heavy atom. The van der Waals surface area contributed by atoms with Crippen molar-refractivity contribution in [3.05, 3.63) is 0 Å². The van der Waals surface area contributed by atoms with Crippen molar-refractivity contribution >= 4 is 0 Å². The lowest BCUT2D eigenvalue weighted by molar-refractivity contribution is 0.0970. The van der Waals surface area contributed by atoms with Crippen molar-refractivity contribution in [2.45, 2.75) is 38.7 Å². The molecule has 0 saturated heterocycles. The van der Waals surface area contributed by atoms with E-state index in [0.717, 1.165) is 12.8 Å². The average molecular weight is 138 g/mol. The van der Waals surface area contributed by atoms with Gasteiger partial charge in [0, 0.05) is 5.92 Å². The Morgan fingerprint density at radius 3 is 2.60 bits per heavy atom. The Labute approximate surface area is 62.4 Å². The van der Waals surface area contributed by atoms with Crippen LogP contribution in [0.1, 0.15) is 32.6 Å². The summed E-state index contributed by atoms with van der Waals surface area (Å²) in [6, 6.07) is 0. The molecule has 0 bridgehead atoms. The monoisotopic (exact) mass is 138 g/mol. The Kier molecular flexibility index (Phi) is 2.77. The third kappa shape index (κ3) is 1.75. The molecule has 0 heterocycles. The van der Waals surface area contributed by atoms with E-state index in [4.69, 9.17) is 0 Å². The molecule has 0 unspecified atom stereocenters. The second-order valence-corrected chi connectivity index (χ2v) is 2.85. The Bertz CT molecular complexity index is 152. The van der Waals surface area contributed by atoms with Crippen LogP contribution in [0, 0.1) is 17.8 Å². The fraction of sp³-hybridized carbons (Fsp3) is 0.778. The molecule has 0 aliphatic heterocycles. The van der Waals surface area contributed by atoms with E-state index in [1.807, 2.05) is 6.92 Å². The largest absolute Gasteiger partial charge is 0.392 e. The molecular weight excluding hydrogens is 124 g/mol. The smallest absolute Gasteiger partial charge is 0.0677 e. The van der Waals surface area contributed by atoms with E-state index in [9.17, 15) is 5.11 Å². The van der Waals surface area contributed by atoms with E-state index in [2.05, 4.69) is 11.8 Å². The van der Waals surface area contributed by atoms with Gasteiger partial charge in [-0.1, -0.05) is 18.8 Å². The minimum atomic E-state index is -0.152. The highest BCUT2D eigenvalue weighted by molar-refractivity contribution is 5.04. The number of rotatable bonds is 0. The van der Waals surface area contributed by atoms with E-state index in [1.165, 1.54) is 12.8 Å². The number of aliphatic hydroxyl groups is 1. The van der Waals surface area contributed by atoms with E-state index < -0.39 is 0 Å². The lowest BCUT2D eigenvalue weighted by Gasteiger charge is -2.22. The highest BCUT2D eigenvalue weighted by Crippen LogP contribution is 2.23. The van der Waals surface area contributed by atoms with E-state index in [-0.39, 0.29) is 12.0 Å². The SMILES string of the molecule is CC#C[C@@H]1CCCC[C@@H]1O. The van der Waals surface area contributed by atoms with Gasteiger partial charge in [0.05, 0.1) is 6.10 Å². The van der Waals surface area contributed by atoms with Crippen LogP contribution in [0.5, 0.6) is 0 Å². The lowest BCUT2D eigenvalue weighted by Crippen LogP contribution is -2.22. The Morgan fingerprint density at radius 2 is 2.00 bits per heavy atom. The standard InChI is InChI=1S/C9H14O/c1-2-5-8-6-3-4-7-9(8)10/h8-10H,3-4,6-7H2,1H3/t8-,9+/m1/s1. The van der Waals surface area contributed by atoms with Gasteiger partial charge in [-0.25, -0.2) is 0 Å². The van der Waals surface area contributed by atoms with Crippen molar-refractivity contribution in [2.24, 2.45) is 5.92 Å². The Hall–Kier alpha value is -0.480. The Balaban J connectivity index is 2.45. The highest BCUT2D eigenvalue weighted by Gasteiger charge is 2.20. The third-order valence-corrected chi connectivity index (χ3v) is 2.06. The zero-order valence-electron chi connectivity index (χ0n) is 6.43. The molecule has 56 valence electrons. The van der Waals surface area contributed by atoms with Crippen LogP contribution < -0.4 is 0 Å². The van der Waals surface area contributed by atoms with Crippen molar-refractivity contribution in [3.63, 3.8) is 0 Å². The summed E-state index contributed by atoms with van der Waals surface area (Å²) in [6.07, 6.45) is 4.28. The molecule has 0 aromatic rings. The predicted octanol–water partition coefficient (Wildman–Crippen LogP) is 1.56. The topological polar surface area (TPSA) is 20.2 Å². The van der Waals surface area contributed by atoms with Gasteiger partial charge >= 0.3 is 0 Å². The van der Waals surface area contributed by atoms with Gasteiger partial charge in [-0.15, -0.1) is 5.92 Å². The van der Waals surface area contributed by atoms with Gasteiger partial charge in [0.15, 0.2) is 0 Å². The van der Waals surface area contributed by atoms with Crippen LogP contribution in [0.3, 0.4) is 0 Å². The molecule has 0 aromatic carbocycles. The van der Waals surface area contributed by atoms with Crippen molar-refractivity contribution in [1.29, 1.82) is 0 Å². The van der Waals surface area contributed by atoms with Gasteiger partial charge < -0.3 is 5.11 Å². The molecule has 1 aliphatic rings. The maximum atomic E-state index is 9.40. The number of hydrogen-bond acceptors (Lipinski definition) is 1. The van der Waals surface area contributed by atoms with Crippen LogP contribution in [0.15, 0.2) is 0 Å². The molecule has 2 atom stereocenters. The van der Waals surface area contributed by atoms with Gasteiger partial charge in [0.2, 0.25) is 0 Å². The molecule has 0 amide bonds. The lowest BCUT2D eigenvalue weighted by atomic mass is 9.87. The molecule has 1 aliphatic carbocycles. The molecule has 0 aromatic heterocycles. The molecule has 10 heavy (non-hydrogen) atoms. The van der Waals surface area contributed by atoms with Crippen LogP contribution >= 0.6 is 0 Å². The maximum Gasteiger partial charge on any atom is 0.0677 e. The average Bonchev–Trinajstić information content (AvgIpc) is 1.94. The zero-order valence-corrected chi connectivity index (χ0v) is 6.43. The summed E-state index contributed by atoms with van der Waals surface area (Å²) >= 11 is 0. The summed E-state index contributed by atoms with van der Waals surface area (Å²) in [7, 11) is 0. The van der Waals surface area contributed by atoms with Crippen molar-refractivity contribution in [1.82, 2.24) is 0 Å². The molecule has 1 rings (SSSR count). The molecular formula is C9H14O. The quantitative estimate of drug-likeness (QED) is 0.504. The fourth-order valence-corrected chi connectivity index (χ4v) is 1.47. The van der Waals surface area contributed by atoms with Crippen molar-refractivity contribution in [3.8, 4) is 11.8 Å². The van der Waals surface area contributed by atoms with E-state index in [1.54, 1.807) is 0 Å². The van der Waals surface area contributed by atoms with Gasteiger partial charge in [0.1, 0.15) is 0 Å². The fourth-order valence-electron chi connectivity index (χ4n) is 1.47. The van der Waals surface area contributed by atoms with Crippen LogP contribution in [-0.2, 0) is 0 Å². The third-order valence-electron chi connectivity index (χ3n) is 2.06. The summed E-state index contributed by atoms with van der Waals surface area (Å²) < 4.78 is 0. The predicted molar refractivity (Wildman–Crippen MR) is 41.4 cm³/mol. The second-order valence-electron chi connectivity index (χ2n) is 2.85. The molecule has 1 saturated carbocycles. The van der Waals surface area contributed by atoms with E-state index in [0.29, 0.717) is 0 Å².